The lowest BCUT2D eigenvalue weighted by atomic mass is 10.0. The molecule has 4 rings (SSSR count). The molecule has 1 atom stereocenters. The van der Waals surface area contributed by atoms with E-state index in [9.17, 15) is 4.79 Å². The van der Waals surface area contributed by atoms with Gasteiger partial charge in [0.2, 0.25) is 0 Å². The second-order valence-electron chi connectivity index (χ2n) is 8.64. The molecule has 0 aliphatic carbocycles. The zero-order chi connectivity index (χ0) is 22.5. The Labute approximate surface area is 188 Å². The van der Waals surface area contributed by atoms with Crippen molar-refractivity contribution >= 4 is 5.91 Å². The molecule has 2 aromatic heterocycles. The Kier molecular flexibility index (Phi) is 6.90. The number of nitrogens with one attached hydrogen (secondary N) is 1. The number of ether oxygens (including phenoxy) is 1. The zero-order valence-electron chi connectivity index (χ0n) is 19.0. The number of fused-ring (bicyclic) bond motifs is 1. The lowest BCUT2D eigenvalue weighted by molar-refractivity contribution is 0.0900. The number of amides is 1. The molecule has 0 bridgehead atoms. The van der Waals surface area contributed by atoms with E-state index >= 15 is 0 Å². The molecule has 0 spiro atoms. The third-order valence-electron chi connectivity index (χ3n) is 5.76. The summed E-state index contributed by atoms with van der Waals surface area (Å²) in [7, 11) is 1.69. The maximum Gasteiger partial charge on any atom is 0.287 e. The molecule has 0 radical (unpaired) electrons. The average Bonchev–Trinajstić information content (AvgIpc) is 3.41. The number of nitrogens with zero attached hydrogens (tertiary/aromatic N) is 4. The highest BCUT2D eigenvalue weighted by Gasteiger charge is 2.27. The first-order valence-corrected chi connectivity index (χ1v) is 11.1. The summed E-state index contributed by atoms with van der Waals surface area (Å²) in [6.45, 7) is 7.71. The summed E-state index contributed by atoms with van der Waals surface area (Å²) in [5, 5.41) is 12.1. The first kappa shape index (κ1) is 22.1. The molecule has 8 heteroatoms. The van der Waals surface area contributed by atoms with Crippen molar-refractivity contribution in [3.8, 4) is 5.75 Å². The van der Waals surface area contributed by atoms with Crippen LogP contribution >= 0.6 is 0 Å². The van der Waals surface area contributed by atoms with Crippen LogP contribution in [-0.2, 0) is 19.5 Å². The van der Waals surface area contributed by atoms with E-state index in [1.54, 1.807) is 19.2 Å². The van der Waals surface area contributed by atoms with Gasteiger partial charge in [0.05, 0.1) is 19.4 Å². The first-order valence-electron chi connectivity index (χ1n) is 11.1. The highest BCUT2D eigenvalue weighted by molar-refractivity contribution is 5.91. The van der Waals surface area contributed by atoms with Gasteiger partial charge in [0.25, 0.3) is 5.91 Å². The monoisotopic (exact) mass is 437 g/mol. The molecule has 1 aromatic carbocycles. The van der Waals surface area contributed by atoms with E-state index in [1.165, 1.54) is 11.8 Å². The second kappa shape index (κ2) is 9.99. The van der Waals surface area contributed by atoms with E-state index in [4.69, 9.17) is 9.15 Å². The summed E-state index contributed by atoms with van der Waals surface area (Å²) < 4.78 is 12.8. The normalized spacial score (nSPS) is 15.2. The van der Waals surface area contributed by atoms with Crippen LogP contribution in [0.4, 0.5) is 0 Å². The summed E-state index contributed by atoms with van der Waals surface area (Å²) in [4.78, 5) is 15.1. The maximum atomic E-state index is 12.7. The molecule has 1 unspecified atom stereocenters. The number of benzene rings is 1. The molecular weight excluding hydrogens is 406 g/mol. The minimum absolute atomic E-state index is 0.223. The highest BCUT2D eigenvalue weighted by Crippen LogP contribution is 2.23. The van der Waals surface area contributed by atoms with Crippen molar-refractivity contribution in [2.75, 3.05) is 20.2 Å². The van der Waals surface area contributed by atoms with E-state index in [0.717, 1.165) is 56.4 Å². The van der Waals surface area contributed by atoms with Crippen LogP contribution in [0.5, 0.6) is 5.75 Å². The quantitative estimate of drug-likeness (QED) is 0.581. The number of rotatable bonds is 8. The van der Waals surface area contributed by atoms with Crippen LogP contribution in [0.1, 0.15) is 54.1 Å². The van der Waals surface area contributed by atoms with E-state index < -0.39 is 0 Å². The largest absolute Gasteiger partial charge is 0.497 e. The van der Waals surface area contributed by atoms with Crippen LogP contribution in [0, 0.1) is 5.92 Å². The molecule has 1 amide bonds. The molecule has 0 saturated carbocycles. The molecule has 1 aliphatic heterocycles. The van der Waals surface area contributed by atoms with E-state index in [1.807, 2.05) is 12.1 Å². The van der Waals surface area contributed by atoms with Gasteiger partial charge in [-0.1, -0.05) is 26.0 Å². The Hall–Kier alpha value is -3.13. The van der Waals surface area contributed by atoms with Gasteiger partial charge in [0, 0.05) is 32.6 Å². The van der Waals surface area contributed by atoms with Gasteiger partial charge in [0.1, 0.15) is 11.6 Å². The molecule has 8 nitrogen and oxygen atoms in total. The van der Waals surface area contributed by atoms with Crippen molar-refractivity contribution in [1.29, 1.82) is 0 Å². The van der Waals surface area contributed by atoms with Gasteiger partial charge >= 0.3 is 0 Å². The minimum atomic E-state index is -0.230. The second-order valence-corrected chi connectivity index (χ2v) is 8.64. The molecule has 170 valence electrons. The van der Waals surface area contributed by atoms with E-state index in [0.29, 0.717) is 11.7 Å². The fraction of sp³-hybridized carbons (Fsp3) is 0.458. The van der Waals surface area contributed by atoms with Crippen LogP contribution in [0.2, 0.25) is 0 Å². The summed E-state index contributed by atoms with van der Waals surface area (Å²) in [5.41, 5.74) is 1.23. The van der Waals surface area contributed by atoms with Crippen molar-refractivity contribution < 1.29 is 13.9 Å². The van der Waals surface area contributed by atoms with Crippen LogP contribution in [0.3, 0.4) is 0 Å². The lowest BCUT2D eigenvalue weighted by Gasteiger charge is -2.22. The van der Waals surface area contributed by atoms with Gasteiger partial charge in [-0.15, -0.1) is 10.2 Å². The summed E-state index contributed by atoms with van der Waals surface area (Å²) in [6.07, 6.45) is 3.10. The minimum Gasteiger partial charge on any atom is -0.497 e. The van der Waals surface area contributed by atoms with Gasteiger partial charge < -0.3 is 19.0 Å². The fourth-order valence-corrected chi connectivity index (χ4v) is 4.17. The third-order valence-corrected chi connectivity index (χ3v) is 5.76. The molecule has 3 aromatic rings. The van der Waals surface area contributed by atoms with E-state index in [-0.39, 0.29) is 11.9 Å². The van der Waals surface area contributed by atoms with Crippen molar-refractivity contribution in [2.24, 2.45) is 5.92 Å². The smallest absolute Gasteiger partial charge is 0.287 e. The molecule has 0 fully saturated rings. The maximum absolute atomic E-state index is 12.7. The van der Waals surface area contributed by atoms with Crippen LogP contribution < -0.4 is 10.1 Å². The summed E-state index contributed by atoms with van der Waals surface area (Å²) >= 11 is 0. The Bertz CT molecular complexity index is 1030. The standard InChI is InChI=1S/C24H31N5O3/c1-17(2)14-20(25-24(30)21-8-5-13-32-21)23-27-26-22-9-10-28(11-12-29(22)23)16-18-6-4-7-19(15-18)31-3/h4-8,13,15,17,20H,9-12,14,16H2,1-3H3,(H,25,30). The number of carbonyl (C=O) groups is 1. The van der Waals surface area contributed by atoms with Crippen molar-refractivity contribution in [1.82, 2.24) is 25.0 Å². The highest BCUT2D eigenvalue weighted by atomic mass is 16.5. The Morgan fingerprint density at radius 1 is 1.19 bits per heavy atom. The average molecular weight is 438 g/mol. The van der Waals surface area contributed by atoms with Gasteiger partial charge in [-0.05, 0) is 42.2 Å². The number of carbonyl (C=O) groups excluding carboxylic acids is 1. The summed E-state index contributed by atoms with van der Waals surface area (Å²) in [6, 6.07) is 11.4. The number of aromatic nitrogens is 3. The molecule has 32 heavy (non-hydrogen) atoms. The third kappa shape index (κ3) is 5.19. The molecule has 1 aliphatic rings. The predicted molar refractivity (Wildman–Crippen MR) is 120 cm³/mol. The summed E-state index contributed by atoms with van der Waals surface area (Å²) in [5.74, 6) is 3.12. The Morgan fingerprint density at radius 3 is 2.81 bits per heavy atom. The fourth-order valence-electron chi connectivity index (χ4n) is 4.17. The Morgan fingerprint density at radius 2 is 2.06 bits per heavy atom. The van der Waals surface area contributed by atoms with Gasteiger partial charge in [0.15, 0.2) is 11.6 Å². The number of hydrogen-bond donors (Lipinski definition) is 1. The predicted octanol–water partition coefficient (Wildman–Crippen LogP) is 3.46. The molecule has 1 N–H and O–H groups in total. The van der Waals surface area contributed by atoms with Crippen molar-refractivity contribution in [3.63, 3.8) is 0 Å². The Balaban J connectivity index is 1.48. The number of methoxy groups -OCH3 is 1. The van der Waals surface area contributed by atoms with Gasteiger partial charge in [-0.2, -0.15) is 0 Å². The van der Waals surface area contributed by atoms with Crippen LogP contribution in [-0.4, -0.2) is 45.8 Å². The van der Waals surface area contributed by atoms with Gasteiger partial charge in [-0.3, -0.25) is 9.69 Å². The van der Waals surface area contributed by atoms with Crippen LogP contribution in [0.15, 0.2) is 47.1 Å². The first-order chi connectivity index (χ1) is 15.5. The SMILES string of the molecule is COc1cccc(CN2CCc3nnc(C(CC(C)C)NC(=O)c4ccco4)n3CC2)c1. The van der Waals surface area contributed by atoms with Crippen molar-refractivity contribution in [3.05, 3.63) is 65.6 Å². The van der Waals surface area contributed by atoms with Gasteiger partial charge in [-0.25, -0.2) is 0 Å². The molecule has 0 saturated heterocycles. The number of hydrogen-bond acceptors (Lipinski definition) is 6. The van der Waals surface area contributed by atoms with E-state index in [2.05, 4.69) is 51.0 Å². The molecule has 3 heterocycles. The molecular formula is C24H31N5O3. The topological polar surface area (TPSA) is 85.4 Å². The van der Waals surface area contributed by atoms with Crippen LogP contribution in [0.25, 0.3) is 0 Å². The number of furan rings is 1. The van der Waals surface area contributed by atoms with Crippen molar-refractivity contribution in [2.45, 2.75) is 45.8 Å². The lowest BCUT2D eigenvalue weighted by Crippen LogP contribution is -2.32. The zero-order valence-corrected chi connectivity index (χ0v) is 19.0.